The van der Waals surface area contributed by atoms with E-state index in [2.05, 4.69) is 53.3 Å². The van der Waals surface area contributed by atoms with Crippen LogP contribution in [-0.4, -0.2) is 42.9 Å². The summed E-state index contributed by atoms with van der Waals surface area (Å²) in [5.74, 6) is -0.163. The Morgan fingerprint density at radius 3 is 2.57 bits per heavy atom. The average Bonchev–Trinajstić information content (AvgIpc) is 3.14. The first-order valence-electron chi connectivity index (χ1n) is 9.54. The summed E-state index contributed by atoms with van der Waals surface area (Å²) >= 11 is 1.57. The van der Waals surface area contributed by atoms with Gasteiger partial charge in [-0.15, -0.1) is 11.3 Å². The van der Waals surface area contributed by atoms with Crippen LogP contribution in [-0.2, 0) is 21.4 Å². The third-order valence-electron chi connectivity index (χ3n) is 4.68. The van der Waals surface area contributed by atoms with Crippen LogP contribution in [0.5, 0.6) is 0 Å². The molecular weight excluding hydrogens is 372 g/mol. The van der Waals surface area contributed by atoms with Gasteiger partial charge in [-0.1, -0.05) is 45.0 Å². The highest BCUT2D eigenvalue weighted by atomic mass is 32.1. The number of hydrogen-bond acceptors (Lipinski definition) is 6. The topological polar surface area (TPSA) is 66.8 Å². The molecule has 2 heterocycles. The largest absolute Gasteiger partial charge is 0.378 e. The molecule has 0 bridgehead atoms. The maximum absolute atomic E-state index is 12.2. The molecule has 0 radical (unpaired) electrons. The molecule has 1 aromatic heterocycles. The second kappa shape index (κ2) is 8.84. The monoisotopic (exact) mass is 400 g/mol. The van der Waals surface area contributed by atoms with E-state index in [0.717, 1.165) is 48.4 Å². The minimum Gasteiger partial charge on any atom is -0.378 e. The zero-order chi connectivity index (χ0) is 20.1. The van der Waals surface area contributed by atoms with Crippen molar-refractivity contribution in [2.75, 3.05) is 31.2 Å². The Kier molecular flexibility index (Phi) is 6.46. The van der Waals surface area contributed by atoms with Crippen molar-refractivity contribution < 1.29 is 9.53 Å². The SMILES string of the molecule is C/C(=N/NC(=O)Cc1csc(N2CCOCC2)n1)c1ccc(C(C)(C)C)cc1. The van der Waals surface area contributed by atoms with Gasteiger partial charge in [-0.2, -0.15) is 5.10 Å². The summed E-state index contributed by atoms with van der Waals surface area (Å²) in [6.07, 6.45) is 0.223. The standard InChI is InChI=1S/C21H28N4O2S/c1-15(16-5-7-17(8-6-16)21(2,3)4)23-24-19(26)13-18-14-28-20(22-18)25-9-11-27-12-10-25/h5-8,14H,9-13H2,1-4H3,(H,24,26)/b23-15-. The molecule has 2 aromatic rings. The second-order valence-corrected chi connectivity index (χ2v) is 8.79. The lowest BCUT2D eigenvalue weighted by Crippen LogP contribution is -2.36. The summed E-state index contributed by atoms with van der Waals surface area (Å²) in [5, 5.41) is 7.13. The number of amides is 1. The van der Waals surface area contributed by atoms with Crippen LogP contribution in [0.1, 0.15) is 44.5 Å². The number of nitrogens with one attached hydrogen (secondary N) is 1. The lowest BCUT2D eigenvalue weighted by Gasteiger charge is -2.26. The number of anilines is 1. The summed E-state index contributed by atoms with van der Waals surface area (Å²) in [6.45, 7) is 11.6. The lowest BCUT2D eigenvalue weighted by atomic mass is 9.86. The van der Waals surface area contributed by atoms with Crippen LogP contribution in [0.4, 0.5) is 5.13 Å². The van der Waals surface area contributed by atoms with Crippen molar-refractivity contribution in [2.24, 2.45) is 5.10 Å². The lowest BCUT2D eigenvalue weighted by molar-refractivity contribution is -0.120. The summed E-state index contributed by atoms with van der Waals surface area (Å²) in [6, 6.07) is 8.30. The number of benzene rings is 1. The van der Waals surface area contributed by atoms with E-state index in [-0.39, 0.29) is 17.7 Å². The molecule has 1 aliphatic heterocycles. The quantitative estimate of drug-likeness (QED) is 0.617. The molecule has 0 saturated carbocycles. The van der Waals surface area contributed by atoms with Gasteiger partial charge in [-0.05, 0) is 23.5 Å². The van der Waals surface area contributed by atoms with Gasteiger partial charge in [0.25, 0.3) is 0 Å². The number of aromatic nitrogens is 1. The molecule has 1 amide bonds. The molecule has 0 spiro atoms. The Morgan fingerprint density at radius 1 is 1.25 bits per heavy atom. The van der Waals surface area contributed by atoms with Gasteiger partial charge in [0.05, 0.1) is 31.0 Å². The fraction of sp³-hybridized carbons (Fsp3) is 0.476. The Hall–Kier alpha value is -2.25. The van der Waals surface area contributed by atoms with Crippen molar-refractivity contribution in [1.29, 1.82) is 0 Å². The zero-order valence-electron chi connectivity index (χ0n) is 17.0. The van der Waals surface area contributed by atoms with E-state index < -0.39 is 0 Å². The van der Waals surface area contributed by atoms with Crippen molar-refractivity contribution in [2.45, 2.75) is 39.5 Å². The number of hydrazone groups is 1. The molecule has 1 N–H and O–H groups in total. The Labute approximate surface area is 170 Å². The molecule has 1 fully saturated rings. The van der Waals surface area contributed by atoms with Crippen LogP contribution in [0.15, 0.2) is 34.7 Å². The van der Waals surface area contributed by atoms with Crippen molar-refractivity contribution in [3.63, 3.8) is 0 Å². The van der Waals surface area contributed by atoms with E-state index in [1.807, 2.05) is 24.4 Å². The predicted molar refractivity (Wildman–Crippen MR) is 114 cm³/mol. The molecular formula is C21H28N4O2S. The summed E-state index contributed by atoms with van der Waals surface area (Å²) in [5.41, 5.74) is 6.58. The number of rotatable bonds is 5. The maximum Gasteiger partial charge on any atom is 0.246 e. The number of hydrogen-bond donors (Lipinski definition) is 1. The van der Waals surface area contributed by atoms with Gasteiger partial charge in [0.15, 0.2) is 5.13 Å². The van der Waals surface area contributed by atoms with Crippen LogP contribution in [0.2, 0.25) is 0 Å². The van der Waals surface area contributed by atoms with Crippen LogP contribution in [0.25, 0.3) is 0 Å². The van der Waals surface area contributed by atoms with E-state index in [4.69, 9.17) is 4.74 Å². The molecule has 3 rings (SSSR count). The van der Waals surface area contributed by atoms with E-state index in [1.54, 1.807) is 11.3 Å². The minimum atomic E-state index is -0.163. The van der Waals surface area contributed by atoms with Crippen molar-refractivity contribution >= 4 is 28.1 Å². The molecule has 0 atom stereocenters. The Bertz CT molecular complexity index is 831. The first-order valence-corrected chi connectivity index (χ1v) is 10.4. The normalized spacial score (nSPS) is 15.6. The maximum atomic E-state index is 12.2. The fourth-order valence-electron chi connectivity index (χ4n) is 2.90. The zero-order valence-corrected chi connectivity index (χ0v) is 17.8. The van der Waals surface area contributed by atoms with Gasteiger partial charge < -0.3 is 9.64 Å². The van der Waals surface area contributed by atoms with Crippen LogP contribution in [0.3, 0.4) is 0 Å². The first-order chi connectivity index (χ1) is 13.3. The smallest absolute Gasteiger partial charge is 0.246 e. The van der Waals surface area contributed by atoms with Crippen LogP contribution >= 0.6 is 11.3 Å². The van der Waals surface area contributed by atoms with Gasteiger partial charge >= 0.3 is 0 Å². The Balaban J connectivity index is 1.55. The molecule has 7 heteroatoms. The van der Waals surface area contributed by atoms with Gasteiger partial charge in [0, 0.05) is 18.5 Å². The molecule has 1 saturated heterocycles. The third-order valence-corrected chi connectivity index (χ3v) is 5.63. The molecule has 0 aliphatic carbocycles. The molecule has 1 aromatic carbocycles. The fourth-order valence-corrected chi connectivity index (χ4v) is 3.78. The second-order valence-electron chi connectivity index (χ2n) is 7.96. The highest BCUT2D eigenvalue weighted by Crippen LogP contribution is 2.23. The first kappa shape index (κ1) is 20.5. The van der Waals surface area contributed by atoms with Crippen molar-refractivity contribution in [3.8, 4) is 0 Å². The molecule has 6 nitrogen and oxygen atoms in total. The third kappa shape index (κ3) is 5.39. The van der Waals surface area contributed by atoms with E-state index in [1.165, 1.54) is 5.56 Å². The van der Waals surface area contributed by atoms with Gasteiger partial charge in [-0.3, -0.25) is 4.79 Å². The highest BCUT2D eigenvalue weighted by molar-refractivity contribution is 7.13. The highest BCUT2D eigenvalue weighted by Gasteiger charge is 2.16. The number of morpholine rings is 1. The van der Waals surface area contributed by atoms with Gasteiger partial charge in [-0.25, -0.2) is 10.4 Å². The van der Waals surface area contributed by atoms with E-state index >= 15 is 0 Å². The van der Waals surface area contributed by atoms with Gasteiger partial charge in [0.1, 0.15) is 0 Å². The summed E-state index contributed by atoms with van der Waals surface area (Å²) in [4.78, 5) is 19.0. The summed E-state index contributed by atoms with van der Waals surface area (Å²) < 4.78 is 5.36. The van der Waals surface area contributed by atoms with Gasteiger partial charge in [0.2, 0.25) is 5.91 Å². The van der Waals surface area contributed by atoms with E-state index in [0.29, 0.717) is 0 Å². The summed E-state index contributed by atoms with van der Waals surface area (Å²) in [7, 11) is 0. The molecule has 28 heavy (non-hydrogen) atoms. The molecule has 0 unspecified atom stereocenters. The van der Waals surface area contributed by atoms with Crippen LogP contribution in [0, 0.1) is 0 Å². The number of carbonyl (C=O) groups excluding carboxylic acids is 1. The number of nitrogens with zero attached hydrogens (tertiary/aromatic N) is 3. The predicted octanol–water partition coefficient (Wildman–Crippen LogP) is 3.36. The van der Waals surface area contributed by atoms with Crippen molar-refractivity contribution in [3.05, 3.63) is 46.5 Å². The van der Waals surface area contributed by atoms with Crippen LogP contribution < -0.4 is 10.3 Å². The van der Waals surface area contributed by atoms with E-state index in [9.17, 15) is 4.79 Å². The molecule has 150 valence electrons. The Morgan fingerprint density at radius 2 is 1.93 bits per heavy atom. The molecule has 1 aliphatic rings. The number of ether oxygens (including phenoxy) is 1. The minimum absolute atomic E-state index is 0.116. The number of thiazole rings is 1. The average molecular weight is 401 g/mol. The number of carbonyl (C=O) groups is 1. The van der Waals surface area contributed by atoms with Crippen molar-refractivity contribution in [1.82, 2.24) is 10.4 Å².